The molecule has 0 unspecified atom stereocenters. The molecule has 1 aliphatic heterocycles. The lowest BCUT2D eigenvalue weighted by Crippen LogP contribution is -2.53. The van der Waals surface area contributed by atoms with Gasteiger partial charge in [-0.25, -0.2) is 4.79 Å². The number of carboxylic acids is 1. The molecule has 0 radical (unpaired) electrons. The van der Waals surface area contributed by atoms with E-state index in [0.717, 1.165) is 31.2 Å². The predicted molar refractivity (Wildman–Crippen MR) is 141 cm³/mol. The lowest BCUT2D eigenvalue weighted by Gasteiger charge is -2.33. The third-order valence-electron chi connectivity index (χ3n) is 6.82. The number of carbonyl (C=O) groups excluding carboxylic acids is 3. The van der Waals surface area contributed by atoms with Crippen molar-refractivity contribution >= 4 is 23.8 Å². The molecule has 1 saturated heterocycles. The Morgan fingerprint density at radius 2 is 1.84 bits per heavy atom. The van der Waals surface area contributed by atoms with Gasteiger partial charge < -0.3 is 25.8 Å². The van der Waals surface area contributed by atoms with E-state index in [4.69, 9.17) is 10.5 Å². The van der Waals surface area contributed by atoms with E-state index in [9.17, 15) is 24.3 Å². The van der Waals surface area contributed by atoms with E-state index in [1.165, 1.54) is 0 Å². The summed E-state index contributed by atoms with van der Waals surface area (Å²) < 4.78 is 5.77. The highest BCUT2D eigenvalue weighted by atomic mass is 16.5. The molecule has 4 N–H and O–H groups in total. The van der Waals surface area contributed by atoms with Crippen molar-refractivity contribution in [2.45, 2.75) is 103 Å². The fourth-order valence-corrected chi connectivity index (χ4v) is 4.61. The van der Waals surface area contributed by atoms with Crippen molar-refractivity contribution in [1.29, 1.82) is 0 Å². The Kier molecular flexibility index (Phi) is 12.6. The van der Waals surface area contributed by atoms with Gasteiger partial charge in [-0.2, -0.15) is 0 Å². The topological polar surface area (TPSA) is 139 Å². The number of carbonyl (C=O) groups is 4. The minimum atomic E-state index is -1.13. The highest BCUT2D eigenvalue weighted by Crippen LogP contribution is 2.26. The van der Waals surface area contributed by atoms with Gasteiger partial charge in [0.25, 0.3) is 0 Å². The monoisotopic (exact) mass is 517 g/mol. The fraction of sp³-hybridized carbons (Fsp3) is 0.643. The molecule has 2 amide bonds. The molecule has 4 atom stereocenters. The van der Waals surface area contributed by atoms with Gasteiger partial charge in [0.2, 0.25) is 11.8 Å². The number of likely N-dealkylation sites (tertiary alicyclic amines) is 1. The van der Waals surface area contributed by atoms with Crippen molar-refractivity contribution in [3.8, 4) is 0 Å². The summed E-state index contributed by atoms with van der Waals surface area (Å²) >= 11 is 0. The molecule has 0 aromatic heterocycles. The molecule has 0 saturated carbocycles. The number of ether oxygens (including phenoxy) is 1. The number of aliphatic carboxylic acids is 1. The SMILES string of the molecule is CCCCCCC(=O)N[C@@H](Cc1ccccc1)C(=O)O[C@@H](CC(=O)O)[C@@H]1CCCN1C(=O)[C@@H](N)C(C)C. The highest BCUT2D eigenvalue weighted by molar-refractivity contribution is 5.85. The molecule has 1 aliphatic rings. The van der Waals surface area contributed by atoms with Crippen LogP contribution in [0.5, 0.6) is 0 Å². The maximum Gasteiger partial charge on any atom is 0.329 e. The Morgan fingerprint density at radius 3 is 2.46 bits per heavy atom. The van der Waals surface area contributed by atoms with Gasteiger partial charge in [-0.15, -0.1) is 0 Å². The molecule has 1 aromatic carbocycles. The number of nitrogens with zero attached hydrogens (tertiary/aromatic N) is 1. The quantitative estimate of drug-likeness (QED) is 0.240. The summed E-state index contributed by atoms with van der Waals surface area (Å²) in [5, 5.41) is 12.3. The van der Waals surface area contributed by atoms with Crippen LogP contribution in [0.2, 0.25) is 0 Å². The van der Waals surface area contributed by atoms with Crippen molar-refractivity contribution in [1.82, 2.24) is 10.2 Å². The molecule has 1 fully saturated rings. The molecule has 1 aromatic rings. The summed E-state index contributed by atoms with van der Waals surface area (Å²) in [5.41, 5.74) is 6.93. The number of nitrogens with two attached hydrogens (primary N) is 1. The average Bonchev–Trinajstić information content (AvgIpc) is 3.35. The second-order valence-corrected chi connectivity index (χ2v) is 10.2. The van der Waals surface area contributed by atoms with Crippen LogP contribution in [-0.4, -0.2) is 64.5 Å². The summed E-state index contributed by atoms with van der Waals surface area (Å²) in [6, 6.07) is 6.98. The number of hydrogen-bond acceptors (Lipinski definition) is 6. The molecule has 37 heavy (non-hydrogen) atoms. The Balaban J connectivity index is 2.19. The standard InChI is InChI=1S/C28H43N3O6/c1-4-5-6-10-15-24(32)30-21(17-20-12-8-7-9-13-20)28(36)37-23(18-25(33)34)22-14-11-16-31(22)27(35)26(29)19(2)3/h7-9,12-13,19,21-23,26H,4-6,10-11,14-18,29H2,1-3H3,(H,30,32)(H,33,34)/t21-,22-,23-,26-/m0/s1. The van der Waals surface area contributed by atoms with Gasteiger partial charge in [-0.3, -0.25) is 14.4 Å². The molecule has 0 bridgehead atoms. The van der Waals surface area contributed by atoms with Crippen molar-refractivity contribution in [3.63, 3.8) is 0 Å². The number of rotatable bonds is 15. The molecule has 9 nitrogen and oxygen atoms in total. The van der Waals surface area contributed by atoms with Gasteiger partial charge in [0, 0.05) is 19.4 Å². The normalized spacial score (nSPS) is 17.8. The van der Waals surface area contributed by atoms with E-state index in [0.29, 0.717) is 25.8 Å². The van der Waals surface area contributed by atoms with Crippen molar-refractivity contribution in [3.05, 3.63) is 35.9 Å². The maximum absolute atomic E-state index is 13.4. The first-order valence-corrected chi connectivity index (χ1v) is 13.5. The first-order chi connectivity index (χ1) is 17.6. The third kappa shape index (κ3) is 9.80. The Hall–Kier alpha value is -2.94. The van der Waals surface area contributed by atoms with Crippen LogP contribution in [-0.2, 0) is 30.3 Å². The molecule has 1 heterocycles. The lowest BCUT2D eigenvalue weighted by atomic mass is 10.0. The number of amides is 2. The zero-order valence-electron chi connectivity index (χ0n) is 22.4. The van der Waals surface area contributed by atoms with Crippen molar-refractivity contribution in [2.24, 2.45) is 11.7 Å². The second-order valence-electron chi connectivity index (χ2n) is 10.2. The van der Waals surface area contributed by atoms with Gasteiger partial charge in [0.1, 0.15) is 12.1 Å². The molecule has 2 rings (SSSR count). The van der Waals surface area contributed by atoms with Crippen LogP contribution in [0.3, 0.4) is 0 Å². The van der Waals surface area contributed by atoms with E-state index in [-0.39, 0.29) is 24.2 Å². The van der Waals surface area contributed by atoms with Crippen LogP contribution < -0.4 is 11.1 Å². The lowest BCUT2D eigenvalue weighted by molar-refractivity contribution is -0.162. The van der Waals surface area contributed by atoms with Crippen LogP contribution in [0.25, 0.3) is 0 Å². The summed E-state index contributed by atoms with van der Waals surface area (Å²) in [6.07, 6.45) is 3.95. The van der Waals surface area contributed by atoms with Crippen LogP contribution in [0.4, 0.5) is 0 Å². The van der Waals surface area contributed by atoms with E-state index in [1.54, 1.807) is 4.90 Å². The number of hydrogen-bond donors (Lipinski definition) is 3. The molecular formula is C28H43N3O6. The average molecular weight is 518 g/mol. The minimum absolute atomic E-state index is 0.0861. The van der Waals surface area contributed by atoms with Gasteiger partial charge in [-0.05, 0) is 30.7 Å². The summed E-state index contributed by atoms with van der Waals surface area (Å²) in [6.45, 7) is 6.22. The maximum atomic E-state index is 13.4. The van der Waals surface area contributed by atoms with Gasteiger partial charge in [0.05, 0.1) is 18.5 Å². The Labute approximate surface area is 220 Å². The van der Waals surface area contributed by atoms with E-state index in [1.807, 2.05) is 44.2 Å². The molecule has 0 spiro atoms. The molecule has 9 heteroatoms. The van der Waals surface area contributed by atoms with E-state index < -0.39 is 42.6 Å². The summed E-state index contributed by atoms with van der Waals surface area (Å²) in [4.78, 5) is 52.2. The zero-order chi connectivity index (χ0) is 27.4. The fourth-order valence-electron chi connectivity index (χ4n) is 4.61. The largest absolute Gasteiger partial charge is 0.481 e. The molecular weight excluding hydrogens is 474 g/mol. The summed E-state index contributed by atoms with van der Waals surface area (Å²) in [7, 11) is 0. The van der Waals surface area contributed by atoms with Crippen LogP contribution >= 0.6 is 0 Å². The molecule has 0 aliphatic carbocycles. The van der Waals surface area contributed by atoms with Crippen molar-refractivity contribution in [2.75, 3.05) is 6.54 Å². The highest BCUT2D eigenvalue weighted by Gasteiger charge is 2.40. The predicted octanol–water partition coefficient (Wildman–Crippen LogP) is 3.05. The second kappa shape index (κ2) is 15.3. The number of nitrogens with one attached hydrogen (secondary N) is 1. The first-order valence-electron chi connectivity index (χ1n) is 13.5. The Bertz CT molecular complexity index is 891. The van der Waals surface area contributed by atoms with Crippen molar-refractivity contribution < 1.29 is 29.0 Å². The van der Waals surface area contributed by atoms with E-state index >= 15 is 0 Å². The molecule has 206 valence electrons. The van der Waals surface area contributed by atoms with Crippen LogP contribution in [0.15, 0.2) is 30.3 Å². The minimum Gasteiger partial charge on any atom is -0.481 e. The number of esters is 1. The smallest absolute Gasteiger partial charge is 0.329 e. The van der Waals surface area contributed by atoms with Gasteiger partial charge in [-0.1, -0.05) is 70.4 Å². The number of benzene rings is 1. The van der Waals surface area contributed by atoms with Crippen LogP contribution in [0.1, 0.15) is 77.7 Å². The van der Waals surface area contributed by atoms with Crippen LogP contribution in [0, 0.1) is 5.92 Å². The zero-order valence-corrected chi connectivity index (χ0v) is 22.4. The first kappa shape index (κ1) is 30.3. The van der Waals surface area contributed by atoms with Gasteiger partial charge in [0.15, 0.2) is 0 Å². The summed E-state index contributed by atoms with van der Waals surface area (Å²) in [5.74, 6) is -2.44. The Morgan fingerprint density at radius 1 is 1.14 bits per heavy atom. The number of unbranched alkanes of at least 4 members (excludes halogenated alkanes) is 3. The third-order valence-corrected chi connectivity index (χ3v) is 6.82. The van der Waals surface area contributed by atoms with E-state index in [2.05, 4.69) is 12.2 Å². The number of carboxylic acid groups (broad SMARTS) is 1. The van der Waals surface area contributed by atoms with Gasteiger partial charge >= 0.3 is 11.9 Å².